The van der Waals surface area contributed by atoms with Crippen molar-refractivity contribution in [2.75, 3.05) is 31.6 Å². The second-order valence-corrected chi connectivity index (χ2v) is 14.2. The van der Waals surface area contributed by atoms with Crippen molar-refractivity contribution in [1.82, 2.24) is 15.1 Å². The van der Waals surface area contributed by atoms with E-state index < -0.39 is 17.8 Å². The van der Waals surface area contributed by atoms with Crippen LogP contribution in [-0.2, 0) is 22.7 Å². The number of ether oxygens (including phenoxy) is 1. The number of nitrogens with zero attached hydrogens (tertiary/aromatic N) is 3. The molecular weight excluding hydrogens is 647 g/mol. The van der Waals surface area contributed by atoms with Crippen molar-refractivity contribution in [1.29, 1.82) is 0 Å². The molecule has 2 fully saturated rings. The molecule has 4 aromatic rings. The van der Waals surface area contributed by atoms with Gasteiger partial charge in [-0.25, -0.2) is 4.39 Å². The Morgan fingerprint density at radius 2 is 1.69 bits per heavy atom. The zero-order valence-electron chi connectivity index (χ0n) is 28.6. The van der Waals surface area contributed by atoms with Crippen molar-refractivity contribution in [2.24, 2.45) is 0 Å². The molecule has 2 N–H and O–H groups in total. The molecule has 0 aromatic heterocycles. The number of anilines is 1. The summed E-state index contributed by atoms with van der Waals surface area (Å²) in [6, 6.07) is 27.6. The van der Waals surface area contributed by atoms with E-state index in [4.69, 9.17) is 4.74 Å². The van der Waals surface area contributed by atoms with Crippen molar-refractivity contribution in [3.8, 4) is 11.5 Å². The molecule has 0 aliphatic carbocycles. The second kappa shape index (κ2) is 13.5. The number of amides is 3. The van der Waals surface area contributed by atoms with Crippen LogP contribution in [0.25, 0.3) is 0 Å². The number of halogens is 1. The number of rotatable bonds is 7. The summed E-state index contributed by atoms with van der Waals surface area (Å²) >= 11 is 0. The van der Waals surface area contributed by atoms with Crippen molar-refractivity contribution >= 4 is 23.4 Å². The standard InChI is InChI=1S/C41H41FN4O5/c1-44(22-27-9-13-31-33(39(27)42)23-46(41(31)50)35-15-16-37(48)43-40(35)49)28-17-19-45(20-18-28)29-10-7-26(8-11-29)38-32-14-12-30(47)21-36(32)51-24-34(38)25-5-3-2-4-6-25/h2-14,21,28,34-35,38,47H,15-20,22-24H2,1H3,(H,43,48,49)/t34-,35?,38-/m1/s1. The van der Waals surface area contributed by atoms with Crippen LogP contribution in [0.1, 0.15) is 75.7 Å². The topological polar surface area (TPSA) is 102 Å². The van der Waals surface area contributed by atoms with Crippen LogP contribution in [0.15, 0.2) is 84.9 Å². The van der Waals surface area contributed by atoms with Gasteiger partial charge in [-0.1, -0.05) is 54.6 Å². The Kier molecular flexibility index (Phi) is 8.71. The molecule has 1 unspecified atom stereocenters. The quantitative estimate of drug-likeness (QED) is 0.240. The number of phenols is 1. The van der Waals surface area contributed by atoms with Crippen LogP contribution in [0.3, 0.4) is 0 Å². The van der Waals surface area contributed by atoms with Gasteiger partial charge in [0.15, 0.2) is 0 Å². The number of phenolic OH excluding ortho intramolecular Hbond substituents is 1. The highest BCUT2D eigenvalue weighted by Gasteiger charge is 2.41. The summed E-state index contributed by atoms with van der Waals surface area (Å²) in [6.45, 7) is 2.73. The van der Waals surface area contributed by atoms with E-state index in [2.05, 4.69) is 63.6 Å². The van der Waals surface area contributed by atoms with Crippen molar-refractivity contribution in [3.05, 3.63) is 124 Å². The van der Waals surface area contributed by atoms with Gasteiger partial charge in [-0.15, -0.1) is 0 Å². The lowest BCUT2D eigenvalue weighted by Crippen LogP contribution is -2.52. The molecule has 0 saturated carbocycles. The number of hydrogen-bond donors (Lipinski definition) is 2. The molecule has 4 aliphatic heterocycles. The summed E-state index contributed by atoms with van der Waals surface area (Å²) in [7, 11) is 2.03. The summed E-state index contributed by atoms with van der Waals surface area (Å²) < 4.78 is 22.0. The zero-order valence-corrected chi connectivity index (χ0v) is 28.6. The lowest BCUT2D eigenvalue weighted by molar-refractivity contribution is -0.136. The van der Waals surface area contributed by atoms with Crippen LogP contribution in [0, 0.1) is 5.82 Å². The van der Waals surface area contributed by atoms with Gasteiger partial charge in [0.05, 0.1) is 13.2 Å². The predicted octanol–water partition coefficient (Wildman–Crippen LogP) is 5.70. The fourth-order valence-corrected chi connectivity index (χ4v) is 8.43. The Morgan fingerprint density at radius 1 is 0.922 bits per heavy atom. The molecule has 0 spiro atoms. The predicted molar refractivity (Wildman–Crippen MR) is 190 cm³/mol. The molecular formula is C41H41FN4O5. The highest BCUT2D eigenvalue weighted by molar-refractivity contribution is 6.05. The van der Waals surface area contributed by atoms with Gasteiger partial charge in [-0.2, -0.15) is 0 Å². The van der Waals surface area contributed by atoms with Crippen molar-refractivity contribution in [2.45, 2.75) is 62.7 Å². The maximum absolute atomic E-state index is 15.9. The number of carbonyl (C=O) groups is 3. The van der Waals surface area contributed by atoms with Crippen LogP contribution in [0.4, 0.5) is 10.1 Å². The zero-order chi connectivity index (χ0) is 35.2. The van der Waals surface area contributed by atoms with Crippen LogP contribution in [-0.4, -0.2) is 71.5 Å². The fourth-order valence-electron chi connectivity index (χ4n) is 8.43. The van der Waals surface area contributed by atoms with E-state index in [0.29, 0.717) is 29.8 Å². The molecule has 0 radical (unpaired) electrons. The number of fused-ring (bicyclic) bond motifs is 2. The largest absolute Gasteiger partial charge is 0.508 e. The Labute approximate surface area is 296 Å². The Bertz CT molecular complexity index is 1980. The van der Waals surface area contributed by atoms with E-state index >= 15 is 4.39 Å². The first-order valence-electron chi connectivity index (χ1n) is 17.8. The first-order chi connectivity index (χ1) is 24.7. The molecule has 4 heterocycles. The normalized spacial score (nSPS) is 22.1. The fraction of sp³-hybridized carbons (Fsp3) is 0.341. The molecule has 10 heteroatoms. The second-order valence-electron chi connectivity index (χ2n) is 14.2. The summed E-state index contributed by atoms with van der Waals surface area (Å²) in [5, 5.41) is 12.4. The minimum atomic E-state index is -0.769. The molecule has 3 atom stereocenters. The maximum Gasteiger partial charge on any atom is 0.255 e. The number of nitrogens with one attached hydrogen (secondary N) is 1. The van der Waals surface area contributed by atoms with Gasteiger partial charge in [0.2, 0.25) is 11.8 Å². The average Bonchev–Trinajstić information content (AvgIpc) is 3.48. The van der Waals surface area contributed by atoms with Gasteiger partial charge < -0.3 is 19.6 Å². The molecule has 2 saturated heterocycles. The first-order valence-corrected chi connectivity index (χ1v) is 17.8. The van der Waals surface area contributed by atoms with E-state index in [9.17, 15) is 19.5 Å². The smallest absolute Gasteiger partial charge is 0.255 e. The van der Waals surface area contributed by atoms with Crippen molar-refractivity contribution in [3.63, 3.8) is 0 Å². The van der Waals surface area contributed by atoms with Gasteiger partial charge >= 0.3 is 0 Å². The van der Waals surface area contributed by atoms with Crippen LogP contribution < -0.4 is 15.0 Å². The maximum atomic E-state index is 15.9. The van der Waals surface area contributed by atoms with Gasteiger partial charge in [0.1, 0.15) is 23.4 Å². The molecule has 8 rings (SSSR count). The SMILES string of the molecule is CN(Cc1ccc2c(c1F)CN(C1CCC(=O)NC1=O)C2=O)C1CCN(c2ccc([C@@H]3c4ccc(O)cc4OC[C@@H]3c3ccccc3)cc2)CC1. The van der Waals surface area contributed by atoms with Crippen LogP contribution in [0.5, 0.6) is 11.5 Å². The highest BCUT2D eigenvalue weighted by atomic mass is 19.1. The van der Waals surface area contributed by atoms with E-state index in [1.54, 1.807) is 24.3 Å². The number of hydrogen-bond acceptors (Lipinski definition) is 7. The minimum absolute atomic E-state index is 0.0263. The third kappa shape index (κ3) is 6.22. The Balaban J connectivity index is 0.917. The highest BCUT2D eigenvalue weighted by Crippen LogP contribution is 2.47. The van der Waals surface area contributed by atoms with Crippen LogP contribution in [0.2, 0.25) is 0 Å². The lowest BCUT2D eigenvalue weighted by atomic mass is 9.76. The van der Waals surface area contributed by atoms with Gasteiger partial charge in [0, 0.05) is 77.9 Å². The number of carbonyl (C=O) groups excluding carboxylic acids is 3. The molecule has 4 aliphatic rings. The van der Waals surface area contributed by atoms with Crippen molar-refractivity contribution < 1.29 is 28.6 Å². The van der Waals surface area contributed by atoms with Gasteiger partial charge in [-0.3, -0.25) is 24.6 Å². The molecule has 3 amide bonds. The van der Waals surface area contributed by atoms with E-state index in [1.807, 2.05) is 19.2 Å². The number of piperidine rings is 2. The Hall–Kier alpha value is -5.22. The lowest BCUT2D eigenvalue weighted by Gasteiger charge is -2.38. The Morgan fingerprint density at radius 3 is 2.43 bits per heavy atom. The summed E-state index contributed by atoms with van der Waals surface area (Å²) in [4.78, 5) is 43.1. The molecule has 4 aromatic carbocycles. The molecule has 51 heavy (non-hydrogen) atoms. The minimum Gasteiger partial charge on any atom is -0.508 e. The summed E-state index contributed by atoms with van der Waals surface area (Å²) in [6.07, 6.45) is 2.27. The molecule has 0 bridgehead atoms. The first kappa shape index (κ1) is 33.0. The summed E-state index contributed by atoms with van der Waals surface area (Å²) in [5.41, 5.74) is 5.82. The van der Waals surface area contributed by atoms with Crippen LogP contribution >= 0.6 is 0 Å². The van der Waals surface area contributed by atoms with E-state index in [1.165, 1.54) is 21.7 Å². The third-order valence-electron chi connectivity index (χ3n) is 11.2. The van der Waals surface area contributed by atoms with E-state index in [-0.39, 0.29) is 54.8 Å². The van der Waals surface area contributed by atoms with Gasteiger partial charge in [-0.05, 0) is 61.7 Å². The average molecular weight is 689 g/mol. The van der Waals surface area contributed by atoms with E-state index in [0.717, 1.165) is 37.2 Å². The summed E-state index contributed by atoms with van der Waals surface area (Å²) in [5.74, 6) is -0.459. The molecule has 9 nitrogen and oxygen atoms in total. The molecule has 262 valence electrons. The van der Waals surface area contributed by atoms with Gasteiger partial charge in [0.25, 0.3) is 5.91 Å². The monoisotopic (exact) mass is 688 g/mol. The number of benzene rings is 4. The number of imide groups is 1. The third-order valence-corrected chi connectivity index (χ3v) is 11.2. The number of aromatic hydroxyl groups is 1.